The number of alkyl halides is 1. The molecule has 0 bridgehead atoms. The topological polar surface area (TPSA) is 9.23 Å². The minimum atomic E-state index is -0.221. The predicted octanol–water partition coefficient (Wildman–Crippen LogP) is 3.72. The van der Waals surface area contributed by atoms with Gasteiger partial charge in [0, 0.05) is 10.4 Å². The Morgan fingerprint density at radius 3 is 2.50 bits per heavy atom. The van der Waals surface area contributed by atoms with Gasteiger partial charge in [-0.3, -0.25) is 0 Å². The van der Waals surface area contributed by atoms with Gasteiger partial charge in [-0.25, -0.2) is 4.39 Å². The van der Waals surface area contributed by atoms with Gasteiger partial charge >= 0.3 is 0 Å². The molecule has 2 atom stereocenters. The van der Waals surface area contributed by atoms with Crippen molar-refractivity contribution in [1.82, 2.24) is 0 Å². The van der Waals surface area contributed by atoms with Gasteiger partial charge in [0.1, 0.15) is 11.6 Å². The van der Waals surface area contributed by atoms with Crippen molar-refractivity contribution >= 4 is 15.9 Å². The lowest BCUT2D eigenvalue weighted by Gasteiger charge is -2.17. The van der Waals surface area contributed by atoms with Crippen LogP contribution in [-0.2, 0) is 0 Å². The molecule has 78 valence electrons. The van der Waals surface area contributed by atoms with Crippen molar-refractivity contribution in [3.63, 3.8) is 0 Å². The number of hydrogen-bond donors (Lipinski definition) is 0. The first-order valence-corrected chi connectivity index (χ1v) is 5.45. The first kappa shape index (κ1) is 11.5. The number of methoxy groups -OCH3 is 1. The Kier molecular flexibility index (Phi) is 3.93. The molecule has 1 rings (SSSR count). The van der Waals surface area contributed by atoms with E-state index in [0.29, 0.717) is 0 Å². The zero-order valence-corrected chi connectivity index (χ0v) is 10.1. The van der Waals surface area contributed by atoms with Crippen molar-refractivity contribution < 1.29 is 9.13 Å². The number of halogens is 2. The summed E-state index contributed by atoms with van der Waals surface area (Å²) in [5.74, 6) is 0.742. The number of hydrogen-bond acceptors (Lipinski definition) is 1. The Bertz CT molecular complexity index is 312. The molecular formula is C11H14BrFO. The molecule has 0 aliphatic rings. The number of rotatable bonds is 3. The Morgan fingerprint density at radius 2 is 2.00 bits per heavy atom. The Hall–Kier alpha value is -0.570. The number of benzene rings is 1. The summed E-state index contributed by atoms with van der Waals surface area (Å²) in [6.45, 7) is 4.08. The lowest BCUT2D eigenvalue weighted by atomic mass is 9.97. The van der Waals surface area contributed by atoms with Gasteiger partial charge in [-0.2, -0.15) is 0 Å². The average Bonchev–Trinajstić information content (AvgIpc) is 2.16. The monoisotopic (exact) mass is 260 g/mol. The lowest BCUT2D eigenvalue weighted by molar-refractivity contribution is 0.405. The Balaban J connectivity index is 3.10. The van der Waals surface area contributed by atoms with E-state index in [0.717, 1.165) is 11.3 Å². The molecule has 0 aromatic heterocycles. The normalized spacial score (nSPS) is 14.9. The molecule has 0 aliphatic heterocycles. The second-order valence-electron chi connectivity index (χ2n) is 3.35. The van der Waals surface area contributed by atoms with Crippen molar-refractivity contribution in [2.24, 2.45) is 0 Å². The molecule has 0 radical (unpaired) electrons. The summed E-state index contributed by atoms with van der Waals surface area (Å²) < 4.78 is 18.2. The van der Waals surface area contributed by atoms with E-state index in [1.54, 1.807) is 13.2 Å². The van der Waals surface area contributed by atoms with Crippen molar-refractivity contribution in [2.75, 3.05) is 7.11 Å². The Labute approximate surface area is 92.4 Å². The molecule has 14 heavy (non-hydrogen) atoms. The molecule has 0 saturated carbocycles. The smallest absolute Gasteiger partial charge is 0.123 e. The van der Waals surface area contributed by atoms with Crippen molar-refractivity contribution in [1.29, 1.82) is 0 Å². The highest BCUT2D eigenvalue weighted by Crippen LogP contribution is 2.31. The molecule has 0 fully saturated rings. The van der Waals surface area contributed by atoms with E-state index in [9.17, 15) is 4.39 Å². The fourth-order valence-electron chi connectivity index (χ4n) is 1.31. The largest absolute Gasteiger partial charge is 0.496 e. The molecule has 2 unspecified atom stereocenters. The van der Waals surface area contributed by atoms with Gasteiger partial charge in [0.15, 0.2) is 0 Å². The molecule has 0 heterocycles. The van der Waals surface area contributed by atoms with E-state index in [1.807, 2.05) is 13.8 Å². The summed E-state index contributed by atoms with van der Waals surface area (Å²) in [5.41, 5.74) is 0.900. The maximum atomic E-state index is 13.0. The molecule has 1 aromatic rings. The summed E-state index contributed by atoms with van der Waals surface area (Å²) in [5, 5.41) is 0. The van der Waals surface area contributed by atoms with Gasteiger partial charge in [-0.15, -0.1) is 0 Å². The number of ether oxygens (including phenoxy) is 1. The zero-order chi connectivity index (χ0) is 10.7. The molecule has 0 aliphatic carbocycles. The van der Waals surface area contributed by atoms with E-state index in [1.165, 1.54) is 12.1 Å². The molecule has 0 spiro atoms. The van der Waals surface area contributed by atoms with Crippen LogP contribution < -0.4 is 4.74 Å². The Morgan fingerprint density at radius 1 is 1.36 bits per heavy atom. The minimum absolute atomic E-state index is 0.221. The van der Waals surface area contributed by atoms with Crippen LogP contribution >= 0.6 is 15.9 Å². The SMILES string of the molecule is COc1ccc(F)cc1C(C)C(C)Br. The molecule has 0 N–H and O–H groups in total. The highest BCUT2D eigenvalue weighted by Gasteiger charge is 2.16. The van der Waals surface area contributed by atoms with E-state index in [-0.39, 0.29) is 16.6 Å². The molecule has 1 aromatic carbocycles. The van der Waals surface area contributed by atoms with Crippen LogP contribution in [0.25, 0.3) is 0 Å². The third-order valence-corrected chi connectivity index (χ3v) is 3.16. The fourth-order valence-corrected chi connectivity index (χ4v) is 1.59. The predicted molar refractivity (Wildman–Crippen MR) is 59.8 cm³/mol. The first-order valence-electron chi connectivity index (χ1n) is 4.53. The van der Waals surface area contributed by atoms with Crippen molar-refractivity contribution in [3.05, 3.63) is 29.6 Å². The van der Waals surface area contributed by atoms with E-state index < -0.39 is 0 Å². The van der Waals surface area contributed by atoms with Gasteiger partial charge in [-0.1, -0.05) is 29.8 Å². The average molecular weight is 261 g/mol. The minimum Gasteiger partial charge on any atom is -0.496 e. The van der Waals surface area contributed by atoms with E-state index >= 15 is 0 Å². The third-order valence-electron chi connectivity index (χ3n) is 2.37. The van der Waals surface area contributed by atoms with E-state index in [2.05, 4.69) is 15.9 Å². The summed E-state index contributed by atoms with van der Waals surface area (Å²) in [4.78, 5) is 0.290. The van der Waals surface area contributed by atoms with Crippen LogP contribution in [0, 0.1) is 5.82 Å². The summed E-state index contributed by atoms with van der Waals surface area (Å²) >= 11 is 3.49. The maximum Gasteiger partial charge on any atom is 0.123 e. The summed E-state index contributed by atoms with van der Waals surface area (Å²) in [6.07, 6.45) is 0. The zero-order valence-electron chi connectivity index (χ0n) is 8.55. The standard InChI is InChI=1S/C11H14BrFO/c1-7(8(2)12)10-6-9(13)4-5-11(10)14-3/h4-8H,1-3H3. The molecule has 3 heteroatoms. The third kappa shape index (κ3) is 2.47. The fraction of sp³-hybridized carbons (Fsp3) is 0.455. The lowest BCUT2D eigenvalue weighted by Crippen LogP contribution is -2.06. The molecule has 0 amide bonds. The van der Waals surface area contributed by atoms with Crippen molar-refractivity contribution in [3.8, 4) is 5.75 Å². The quantitative estimate of drug-likeness (QED) is 0.753. The summed E-state index contributed by atoms with van der Waals surface area (Å²) in [7, 11) is 1.60. The summed E-state index contributed by atoms with van der Waals surface area (Å²) in [6, 6.07) is 4.60. The van der Waals surface area contributed by atoms with Crippen LogP contribution in [0.2, 0.25) is 0 Å². The highest BCUT2D eigenvalue weighted by atomic mass is 79.9. The van der Waals surface area contributed by atoms with Crippen LogP contribution in [0.3, 0.4) is 0 Å². The van der Waals surface area contributed by atoms with Gasteiger partial charge in [0.05, 0.1) is 7.11 Å². The van der Waals surface area contributed by atoms with Crippen molar-refractivity contribution in [2.45, 2.75) is 24.6 Å². The maximum absolute atomic E-state index is 13.0. The van der Waals surface area contributed by atoms with Gasteiger partial charge in [-0.05, 0) is 24.1 Å². The van der Waals surface area contributed by atoms with Crippen LogP contribution in [0.4, 0.5) is 4.39 Å². The van der Waals surface area contributed by atoms with Gasteiger partial charge in [0.2, 0.25) is 0 Å². The van der Waals surface area contributed by atoms with Crippen LogP contribution in [0.5, 0.6) is 5.75 Å². The molecular weight excluding hydrogens is 247 g/mol. The molecule has 1 nitrogen and oxygen atoms in total. The van der Waals surface area contributed by atoms with E-state index in [4.69, 9.17) is 4.74 Å². The van der Waals surface area contributed by atoms with Crippen LogP contribution in [0.15, 0.2) is 18.2 Å². The first-order chi connectivity index (χ1) is 6.56. The van der Waals surface area contributed by atoms with Gasteiger partial charge in [0.25, 0.3) is 0 Å². The molecule has 0 saturated heterocycles. The van der Waals surface area contributed by atoms with Crippen LogP contribution in [-0.4, -0.2) is 11.9 Å². The van der Waals surface area contributed by atoms with Gasteiger partial charge < -0.3 is 4.74 Å². The highest BCUT2D eigenvalue weighted by molar-refractivity contribution is 9.09. The second-order valence-corrected chi connectivity index (χ2v) is 4.80. The second kappa shape index (κ2) is 4.78. The van der Waals surface area contributed by atoms with Crippen LogP contribution in [0.1, 0.15) is 25.3 Å².